The Morgan fingerprint density at radius 3 is 1.08 bits per heavy atom. The molecule has 0 bridgehead atoms. The Morgan fingerprint density at radius 1 is 0.234 bits per heavy atom. The van der Waals surface area contributed by atoms with Crippen molar-refractivity contribution >= 4 is 65.8 Å². The number of phenolic OH excluding ortho intramolecular Hbond substituents is 17. The van der Waals surface area contributed by atoms with Crippen LogP contribution in [0, 0.1) is 0 Å². The van der Waals surface area contributed by atoms with Gasteiger partial charge in [-0.05, 0) is 115 Å². The number of ether oxygens (including phenoxy) is 3. The summed E-state index contributed by atoms with van der Waals surface area (Å²) in [5.74, 6) is -6.44. The largest absolute Gasteiger partial charge is 0.508 e. The highest BCUT2D eigenvalue weighted by Gasteiger charge is 2.26. The summed E-state index contributed by atoms with van der Waals surface area (Å²) in [5.41, 5.74) is -0.751. The topological polar surface area (TPSA) is 614 Å². The molecule has 35 nitrogen and oxygen atoms in total. The second-order valence-electron chi connectivity index (χ2n) is 27.4. The molecule has 0 aliphatic heterocycles. The second-order valence-corrected chi connectivity index (χ2v) is 27.4. The molecule has 0 saturated carbocycles. The van der Waals surface area contributed by atoms with E-state index in [1.165, 1.54) is 123 Å². The minimum atomic E-state index is -0.904. The van der Waals surface area contributed by atoms with E-state index >= 15 is 0 Å². The second kappa shape index (κ2) is 35.9. The molecule has 0 unspecified atom stereocenters. The van der Waals surface area contributed by atoms with Crippen LogP contribution in [-0.4, -0.2) is 123 Å². The summed E-state index contributed by atoms with van der Waals surface area (Å²) in [7, 11) is 4.18. The molecule has 0 saturated heterocycles. The Labute approximate surface area is 712 Å². The number of benzene rings is 12. The summed E-state index contributed by atoms with van der Waals surface area (Å²) >= 11 is 0. The monoisotopic (exact) mass is 1740 g/mol. The highest BCUT2D eigenvalue weighted by molar-refractivity contribution is 5.95. The third-order valence-corrected chi connectivity index (χ3v) is 18.9. The van der Waals surface area contributed by atoms with Crippen molar-refractivity contribution in [2.45, 2.75) is 0 Å². The van der Waals surface area contributed by atoms with Gasteiger partial charge >= 0.3 is 0 Å². The lowest BCUT2D eigenvalue weighted by molar-refractivity contribution is 0.365. The molecule has 128 heavy (non-hydrogen) atoms. The van der Waals surface area contributed by atoms with Gasteiger partial charge in [-0.15, -0.1) is 0 Å². The van der Waals surface area contributed by atoms with Gasteiger partial charge in [0.1, 0.15) is 141 Å². The summed E-state index contributed by atoms with van der Waals surface area (Å²) in [6.45, 7) is 0. The summed E-state index contributed by atoms with van der Waals surface area (Å²) in [5, 5.41) is 192. The van der Waals surface area contributed by atoms with Crippen LogP contribution in [0.15, 0.2) is 280 Å². The average molecular weight is 1740 g/mol. The maximum Gasteiger partial charge on any atom is 0.238 e. The minimum Gasteiger partial charge on any atom is -0.508 e. The summed E-state index contributed by atoms with van der Waals surface area (Å²) in [4.78, 5) is 72.9. The highest BCUT2D eigenvalue weighted by Crippen LogP contribution is 2.46. The third kappa shape index (κ3) is 18.0. The van der Waals surface area contributed by atoms with E-state index in [1.807, 2.05) is 30.3 Å². The number of hydrogen-bond donors (Lipinski definition) is 20. The molecule has 0 amide bonds. The lowest BCUT2D eigenvalue weighted by atomic mass is 10.1. The Morgan fingerprint density at radius 2 is 0.609 bits per heavy atom. The van der Waals surface area contributed by atoms with Crippen molar-refractivity contribution < 1.29 is 143 Å². The molecular formula is C93H66O35. The molecule has 0 radical (unpaired) electrons. The van der Waals surface area contributed by atoms with Gasteiger partial charge in [0.05, 0.1) is 26.7 Å². The van der Waals surface area contributed by atoms with Gasteiger partial charge in [-0.2, -0.15) is 0 Å². The fraction of sp³-hybridized carbons (Fsp3) is 0.0323. The zero-order valence-electron chi connectivity index (χ0n) is 65.9. The van der Waals surface area contributed by atoms with Crippen molar-refractivity contribution in [3.63, 3.8) is 0 Å². The maximum absolute atomic E-state index is 12.5. The molecule has 0 spiro atoms. The first-order valence-electron chi connectivity index (χ1n) is 36.9. The summed E-state index contributed by atoms with van der Waals surface area (Å²) in [6.07, 6.45) is 0. The van der Waals surface area contributed by atoms with Gasteiger partial charge in [0.15, 0.2) is 79.4 Å². The van der Waals surface area contributed by atoms with Crippen LogP contribution in [-0.2, 0) is 0 Å². The molecule has 35 heteroatoms. The fourth-order valence-electron chi connectivity index (χ4n) is 12.8. The van der Waals surface area contributed by atoms with Gasteiger partial charge in [-0.25, -0.2) is 0 Å². The van der Waals surface area contributed by atoms with Crippen LogP contribution in [0.2, 0.25) is 0 Å². The number of hydrogen-bond acceptors (Lipinski definition) is 35. The molecule has 6 heterocycles. The SMILES string of the molecule is COc1cc(-c2oc3c(OC)c(O)cc(O)c3c(=O)c2O)ccc1O.COc1ccc2c(=O)cc(-c3ccccc3)oc2c1.O=c1c(O)c(-c2ccc(O)c(O)c2)oc2cc(O)cc(O)c12.O=c1c(O)c(-c2ccc(O)cc2)oc2cc(O)cc(O)c12.O=c1cc(-c2ccc(O)c(O)c2)oc2cc(O)cc(O)c12.O=c1cc(-c2ccc(O)cc2)oc2cc(O)cc(O)c12. The highest BCUT2D eigenvalue weighted by atomic mass is 16.5. The van der Waals surface area contributed by atoms with Crippen molar-refractivity contribution in [1.82, 2.24) is 0 Å². The predicted octanol–water partition coefficient (Wildman–Crippen LogP) is 14.9. The molecule has 18 rings (SSSR count). The summed E-state index contributed by atoms with van der Waals surface area (Å²) in [6, 6.07) is 51.8. The van der Waals surface area contributed by atoms with Crippen molar-refractivity contribution in [2.24, 2.45) is 0 Å². The van der Waals surface area contributed by atoms with Gasteiger partial charge in [-0.1, -0.05) is 30.3 Å². The molecule has 0 aliphatic carbocycles. The van der Waals surface area contributed by atoms with Crippen LogP contribution in [0.4, 0.5) is 0 Å². The van der Waals surface area contributed by atoms with E-state index < -0.39 is 73.1 Å². The molecule has 20 N–H and O–H groups in total. The molecule has 648 valence electrons. The predicted molar refractivity (Wildman–Crippen MR) is 460 cm³/mol. The standard InChI is InChI=1S/C17H14O8.C16H12O3.C15H10O7.2C15H10O6.C15H10O5/c1-23-11-5-7(3-4-8(11)18)15-14(22)13(21)12-9(19)6-10(20)16(24-2)17(12)25-15;1-18-12-7-8-13-14(17)10-15(19-16(13)9-12)11-5-3-2-4-6-11;16-7-4-10(19)12-11(5-7)22-15(14(21)13(12)20)6-1-2-8(17)9(18)3-6;16-8-3-1-7(2-4-8)15-14(20)13(19)12-10(18)5-9(17)6-11(12)21-15;16-8-4-11(19)15-12(20)6-13(21-14(15)5-8)7-1-2-9(17)10(18)3-7;16-9-3-1-8(2-4-9)13-7-12(19)15-11(18)5-10(17)6-14(15)20-13/h3-6,18-20,22H,1-2H3;2-10H,1H3;1-5,16-19,21H;1-6,16-18,20H;1-6,16-19H;1-7,16-18H. The van der Waals surface area contributed by atoms with Gasteiger partial charge in [0.25, 0.3) is 0 Å². The zero-order chi connectivity index (χ0) is 92.1. The zero-order valence-corrected chi connectivity index (χ0v) is 65.9. The number of rotatable bonds is 9. The normalized spacial score (nSPS) is 10.8. The molecule has 0 aliphatic rings. The van der Waals surface area contributed by atoms with E-state index in [9.17, 15) is 131 Å². The van der Waals surface area contributed by atoms with E-state index in [2.05, 4.69) is 0 Å². The first-order chi connectivity index (χ1) is 61.0. The Balaban J connectivity index is 0.000000131. The first kappa shape index (κ1) is 87.1. The maximum atomic E-state index is 12.5. The van der Waals surface area contributed by atoms with Crippen LogP contribution in [0.25, 0.3) is 134 Å². The molecule has 12 aromatic carbocycles. The van der Waals surface area contributed by atoms with E-state index in [-0.39, 0.29) is 181 Å². The number of methoxy groups -OCH3 is 3. The van der Waals surface area contributed by atoms with Crippen molar-refractivity contribution in [2.75, 3.05) is 21.3 Å². The fourth-order valence-corrected chi connectivity index (χ4v) is 12.8. The quantitative estimate of drug-likeness (QED) is 0.0597. The van der Waals surface area contributed by atoms with Crippen LogP contribution < -0.4 is 46.8 Å². The summed E-state index contributed by atoms with van der Waals surface area (Å²) < 4.78 is 48.3. The minimum absolute atomic E-state index is 0.0163. The van der Waals surface area contributed by atoms with E-state index in [1.54, 1.807) is 37.4 Å². The van der Waals surface area contributed by atoms with E-state index in [0.29, 0.717) is 39.2 Å². The Hall–Kier alpha value is -18.7. The smallest absolute Gasteiger partial charge is 0.238 e. The molecule has 18 aromatic rings. The van der Waals surface area contributed by atoms with Crippen LogP contribution in [0.5, 0.6) is 132 Å². The van der Waals surface area contributed by atoms with Gasteiger partial charge in [0, 0.05) is 112 Å². The van der Waals surface area contributed by atoms with Gasteiger partial charge in [0.2, 0.25) is 39.3 Å². The molecule has 0 atom stereocenters. The van der Waals surface area contributed by atoms with Gasteiger partial charge < -0.3 is 143 Å². The Kier molecular flexibility index (Phi) is 24.5. The van der Waals surface area contributed by atoms with Crippen molar-refractivity contribution in [1.29, 1.82) is 0 Å². The van der Waals surface area contributed by atoms with Crippen LogP contribution in [0.3, 0.4) is 0 Å². The number of aromatic hydroxyl groups is 20. The van der Waals surface area contributed by atoms with Crippen molar-refractivity contribution in [3.8, 4) is 200 Å². The lowest BCUT2D eigenvalue weighted by Crippen LogP contribution is -2.04. The number of phenols is 17. The molecule has 0 fully saturated rings. The molecular weight excluding hydrogens is 1680 g/mol. The van der Waals surface area contributed by atoms with Gasteiger partial charge in [-0.3, -0.25) is 28.8 Å². The number of fused-ring (bicyclic) bond motifs is 6. The van der Waals surface area contributed by atoms with E-state index in [4.69, 9.17) is 40.7 Å². The average Bonchev–Trinajstić information content (AvgIpc) is 0.752. The van der Waals surface area contributed by atoms with Crippen LogP contribution >= 0.6 is 0 Å². The van der Waals surface area contributed by atoms with Crippen molar-refractivity contribution in [3.05, 3.63) is 286 Å². The first-order valence-corrected chi connectivity index (χ1v) is 36.9. The molecule has 6 aromatic heterocycles. The third-order valence-electron chi connectivity index (χ3n) is 18.9. The Bertz CT molecular complexity index is 7780. The lowest BCUT2D eigenvalue weighted by Gasteiger charge is -2.12. The van der Waals surface area contributed by atoms with Crippen LogP contribution in [0.1, 0.15) is 0 Å². The van der Waals surface area contributed by atoms with E-state index in [0.717, 1.165) is 60.2 Å².